The number of allylic oxidation sites excluding steroid dienone is 1. The Bertz CT molecular complexity index is 623. The zero-order chi connectivity index (χ0) is 12.8. The Hall–Kier alpha value is -1.80. The number of benzene rings is 1. The lowest BCUT2D eigenvalue weighted by Crippen LogP contribution is -2.26. The van der Waals surface area contributed by atoms with Crippen LogP contribution in [0.15, 0.2) is 54.4 Å². The molecule has 1 aromatic heterocycles. The standard InChI is InChI=1S/C16H16OS/c1-3-7-14-8-4-5-10-16(14)13(2)17-12-15-9-6-11-18-15/h3-11H,1,12H2,2H3/b14-7-,16-13+. The zero-order valence-corrected chi connectivity index (χ0v) is 11.2. The smallest absolute Gasteiger partial charge is 0.122 e. The van der Waals surface area contributed by atoms with Gasteiger partial charge in [-0.3, -0.25) is 0 Å². The van der Waals surface area contributed by atoms with Crippen molar-refractivity contribution in [2.45, 2.75) is 13.5 Å². The third-order valence-electron chi connectivity index (χ3n) is 2.65. The molecule has 92 valence electrons. The largest absolute Gasteiger partial charge is 0.492 e. The number of hydrogen-bond acceptors (Lipinski definition) is 2. The Balaban J connectivity index is 2.30. The summed E-state index contributed by atoms with van der Waals surface area (Å²) in [4.78, 5) is 1.24. The van der Waals surface area contributed by atoms with Crippen LogP contribution in [-0.2, 0) is 11.3 Å². The van der Waals surface area contributed by atoms with E-state index < -0.39 is 0 Å². The lowest BCUT2D eigenvalue weighted by molar-refractivity contribution is 0.260. The van der Waals surface area contributed by atoms with Crippen LogP contribution < -0.4 is 10.4 Å². The molecule has 0 spiro atoms. The lowest BCUT2D eigenvalue weighted by Gasteiger charge is -2.05. The fourth-order valence-corrected chi connectivity index (χ4v) is 2.36. The van der Waals surface area contributed by atoms with E-state index in [0.29, 0.717) is 6.61 Å². The molecule has 0 bridgehead atoms. The second-order valence-electron chi connectivity index (χ2n) is 3.91. The topological polar surface area (TPSA) is 9.23 Å². The zero-order valence-electron chi connectivity index (χ0n) is 10.4. The van der Waals surface area contributed by atoms with E-state index in [1.165, 1.54) is 4.88 Å². The quantitative estimate of drug-likeness (QED) is 0.817. The molecule has 1 nitrogen and oxygen atoms in total. The fraction of sp³-hybridized carbons (Fsp3) is 0.125. The second-order valence-corrected chi connectivity index (χ2v) is 4.95. The predicted octanol–water partition coefficient (Wildman–Crippen LogP) is 3.06. The van der Waals surface area contributed by atoms with Crippen molar-refractivity contribution >= 4 is 23.2 Å². The molecule has 0 aliphatic carbocycles. The van der Waals surface area contributed by atoms with Gasteiger partial charge in [0.05, 0.1) is 0 Å². The summed E-state index contributed by atoms with van der Waals surface area (Å²) in [5.41, 5.74) is 0. The van der Waals surface area contributed by atoms with Crippen molar-refractivity contribution < 1.29 is 4.74 Å². The first-order valence-corrected chi connectivity index (χ1v) is 6.73. The Morgan fingerprint density at radius 2 is 2.11 bits per heavy atom. The van der Waals surface area contributed by atoms with Gasteiger partial charge in [0.25, 0.3) is 0 Å². The minimum absolute atomic E-state index is 0.631. The van der Waals surface area contributed by atoms with E-state index in [9.17, 15) is 0 Å². The summed E-state index contributed by atoms with van der Waals surface area (Å²) >= 11 is 1.71. The van der Waals surface area contributed by atoms with Crippen LogP contribution in [0.3, 0.4) is 0 Å². The molecule has 2 aromatic rings. The predicted molar refractivity (Wildman–Crippen MR) is 78.5 cm³/mol. The fourth-order valence-electron chi connectivity index (χ4n) is 1.74. The number of ether oxygens (including phenoxy) is 1. The molecule has 2 heteroatoms. The van der Waals surface area contributed by atoms with Crippen molar-refractivity contribution in [1.82, 2.24) is 0 Å². The van der Waals surface area contributed by atoms with E-state index in [1.807, 2.05) is 31.2 Å². The van der Waals surface area contributed by atoms with E-state index >= 15 is 0 Å². The van der Waals surface area contributed by atoms with Gasteiger partial charge in [-0.05, 0) is 23.6 Å². The van der Waals surface area contributed by atoms with E-state index in [4.69, 9.17) is 4.74 Å². The Labute approximate surface area is 111 Å². The van der Waals surface area contributed by atoms with Gasteiger partial charge < -0.3 is 4.74 Å². The summed E-state index contributed by atoms with van der Waals surface area (Å²) in [6.07, 6.45) is 3.79. The molecule has 0 saturated heterocycles. The highest BCUT2D eigenvalue weighted by molar-refractivity contribution is 7.09. The van der Waals surface area contributed by atoms with Crippen LogP contribution in [0.25, 0.3) is 11.8 Å². The maximum Gasteiger partial charge on any atom is 0.122 e. The number of hydrogen-bond donors (Lipinski definition) is 0. The van der Waals surface area contributed by atoms with Crippen molar-refractivity contribution in [2.75, 3.05) is 0 Å². The molecular weight excluding hydrogens is 240 g/mol. The highest BCUT2D eigenvalue weighted by Crippen LogP contribution is 2.11. The summed E-state index contributed by atoms with van der Waals surface area (Å²) in [6, 6.07) is 12.3. The molecule has 0 aliphatic heterocycles. The van der Waals surface area contributed by atoms with Crippen LogP contribution >= 0.6 is 11.3 Å². The Kier molecular flexibility index (Phi) is 4.37. The van der Waals surface area contributed by atoms with E-state index in [1.54, 1.807) is 17.4 Å². The molecule has 0 fully saturated rings. The first kappa shape index (κ1) is 12.7. The van der Waals surface area contributed by atoms with Gasteiger partial charge in [0.2, 0.25) is 0 Å². The van der Waals surface area contributed by atoms with Crippen molar-refractivity contribution in [3.8, 4) is 0 Å². The molecule has 0 radical (unpaired) electrons. The van der Waals surface area contributed by atoms with E-state index in [-0.39, 0.29) is 0 Å². The Morgan fingerprint density at radius 3 is 2.83 bits per heavy atom. The van der Waals surface area contributed by atoms with Gasteiger partial charge in [0, 0.05) is 10.1 Å². The molecule has 2 rings (SSSR count). The minimum Gasteiger partial charge on any atom is -0.492 e. The Morgan fingerprint density at radius 1 is 1.28 bits per heavy atom. The van der Waals surface area contributed by atoms with Crippen LogP contribution in [0.1, 0.15) is 11.8 Å². The highest BCUT2D eigenvalue weighted by atomic mass is 32.1. The van der Waals surface area contributed by atoms with Gasteiger partial charge in [-0.2, -0.15) is 0 Å². The molecule has 0 saturated carbocycles. The van der Waals surface area contributed by atoms with E-state index in [0.717, 1.165) is 16.2 Å². The molecular formula is C16H16OS. The maximum absolute atomic E-state index is 5.83. The number of rotatable bonds is 4. The SMILES string of the molecule is C=C/C=c1/cccc/c1=C(/C)OCc1cccs1. The first-order chi connectivity index (χ1) is 8.81. The molecule has 0 aliphatic rings. The normalized spacial score (nSPS) is 13.3. The van der Waals surface area contributed by atoms with Gasteiger partial charge in [-0.15, -0.1) is 11.3 Å². The molecule has 0 amide bonds. The summed E-state index contributed by atoms with van der Waals surface area (Å²) in [6.45, 7) is 6.37. The van der Waals surface area contributed by atoms with Gasteiger partial charge in [0.15, 0.2) is 0 Å². The molecule has 0 N–H and O–H groups in total. The second kappa shape index (κ2) is 6.22. The first-order valence-electron chi connectivity index (χ1n) is 5.85. The van der Waals surface area contributed by atoms with Crippen LogP contribution in [0.4, 0.5) is 0 Å². The van der Waals surface area contributed by atoms with Crippen LogP contribution in [-0.4, -0.2) is 0 Å². The van der Waals surface area contributed by atoms with Crippen LogP contribution in [0.5, 0.6) is 0 Å². The summed E-state index contributed by atoms with van der Waals surface area (Å²) in [5, 5.41) is 4.32. The highest BCUT2D eigenvalue weighted by Gasteiger charge is 1.97. The van der Waals surface area contributed by atoms with E-state index in [2.05, 4.69) is 30.2 Å². The maximum atomic E-state index is 5.83. The van der Waals surface area contributed by atoms with Gasteiger partial charge in [-0.1, -0.05) is 49.1 Å². The van der Waals surface area contributed by atoms with Crippen molar-refractivity contribution in [3.63, 3.8) is 0 Å². The average molecular weight is 256 g/mol. The van der Waals surface area contributed by atoms with Crippen molar-refractivity contribution in [1.29, 1.82) is 0 Å². The minimum atomic E-state index is 0.631. The van der Waals surface area contributed by atoms with Crippen molar-refractivity contribution in [2.24, 2.45) is 0 Å². The summed E-state index contributed by atoms with van der Waals surface area (Å²) < 4.78 is 5.83. The molecule has 0 unspecified atom stereocenters. The molecule has 1 aromatic carbocycles. The lowest BCUT2D eigenvalue weighted by atomic mass is 10.2. The van der Waals surface area contributed by atoms with Gasteiger partial charge in [0.1, 0.15) is 12.4 Å². The molecule has 1 heterocycles. The summed E-state index contributed by atoms with van der Waals surface area (Å²) in [7, 11) is 0. The van der Waals surface area contributed by atoms with Gasteiger partial charge in [-0.25, -0.2) is 0 Å². The molecule has 18 heavy (non-hydrogen) atoms. The summed E-state index contributed by atoms with van der Waals surface area (Å²) in [5.74, 6) is 0.942. The molecule has 0 atom stereocenters. The van der Waals surface area contributed by atoms with Crippen LogP contribution in [0.2, 0.25) is 0 Å². The third-order valence-corrected chi connectivity index (χ3v) is 3.50. The van der Waals surface area contributed by atoms with Crippen LogP contribution in [0, 0.1) is 0 Å². The third kappa shape index (κ3) is 3.11. The average Bonchev–Trinajstić information content (AvgIpc) is 2.90. The van der Waals surface area contributed by atoms with Gasteiger partial charge >= 0.3 is 0 Å². The van der Waals surface area contributed by atoms with Crippen molar-refractivity contribution in [3.05, 3.63) is 69.7 Å². The monoisotopic (exact) mass is 256 g/mol. The number of thiophene rings is 1.